The molecular weight excluding hydrogens is 493 g/mol. The Bertz CT molecular complexity index is 1320. The number of hydrogen-bond donors (Lipinski definition) is 2. The highest BCUT2D eigenvalue weighted by molar-refractivity contribution is 8.00. The molecule has 186 valence electrons. The number of nitrogens with zero attached hydrogens (tertiary/aromatic N) is 3. The molecular formula is C22H26N5O6PS. The molecule has 3 aromatic rings. The Kier molecular flexibility index (Phi) is 7.75. The number of hydrogen-bond acceptors (Lipinski definition) is 10. The fraction of sp³-hybridized carbons (Fsp3) is 0.364. The second-order valence-corrected chi connectivity index (χ2v) is 11.1. The van der Waals surface area contributed by atoms with E-state index in [1.807, 2.05) is 30.3 Å². The Morgan fingerprint density at radius 3 is 2.83 bits per heavy atom. The topological polar surface area (TPSA) is 148 Å². The summed E-state index contributed by atoms with van der Waals surface area (Å²) >= 11 is 1.48. The summed E-state index contributed by atoms with van der Waals surface area (Å²) in [4.78, 5) is 31.7. The molecule has 4 atom stereocenters. The van der Waals surface area contributed by atoms with Crippen molar-refractivity contribution in [2.45, 2.75) is 36.4 Å². The molecule has 1 unspecified atom stereocenters. The highest BCUT2D eigenvalue weighted by Crippen LogP contribution is 2.49. The van der Waals surface area contributed by atoms with Gasteiger partial charge in [-0.05, 0) is 31.2 Å². The van der Waals surface area contributed by atoms with Gasteiger partial charge in [-0.25, -0.2) is 14.3 Å². The minimum Gasteiger partial charge on any atom is -0.468 e. The molecule has 1 aromatic heterocycles. The van der Waals surface area contributed by atoms with Gasteiger partial charge >= 0.3 is 19.4 Å². The first kappa shape index (κ1) is 25.2. The van der Waals surface area contributed by atoms with Gasteiger partial charge in [-0.3, -0.25) is 13.9 Å². The van der Waals surface area contributed by atoms with Crippen molar-refractivity contribution in [2.75, 3.05) is 19.5 Å². The number of esters is 1. The van der Waals surface area contributed by atoms with Crippen molar-refractivity contribution >= 4 is 42.2 Å². The van der Waals surface area contributed by atoms with E-state index in [-0.39, 0.29) is 23.2 Å². The van der Waals surface area contributed by atoms with Crippen LogP contribution < -0.4 is 21.0 Å². The summed E-state index contributed by atoms with van der Waals surface area (Å²) in [7, 11) is -2.76. The van der Waals surface area contributed by atoms with Crippen LogP contribution in [0.3, 0.4) is 0 Å². The minimum atomic E-state index is -4.00. The predicted molar refractivity (Wildman–Crippen MR) is 133 cm³/mol. The van der Waals surface area contributed by atoms with Crippen LogP contribution in [0.15, 0.2) is 53.6 Å². The molecule has 1 aliphatic heterocycles. The molecule has 0 bridgehead atoms. The highest BCUT2D eigenvalue weighted by Gasteiger charge is 2.35. The number of ether oxygens (including phenoxy) is 1. The molecule has 2 heterocycles. The maximum Gasteiger partial charge on any atom is 0.459 e. The van der Waals surface area contributed by atoms with Gasteiger partial charge in [0.15, 0.2) is 0 Å². The number of methoxy groups -OCH3 is 1. The van der Waals surface area contributed by atoms with Crippen molar-refractivity contribution in [3.63, 3.8) is 0 Å². The Hall–Kier alpha value is -2.92. The summed E-state index contributed by atoms with van der Waals surface area (Å²) in [6, 6.07) is 12.0. The number of fused-ring (bicyclic) bond motifs is 1. The second-order valence-electron chi connectivity index (χ2n) is 7.93. The number of carbonyl (C=O) groups excluding carboxylic acids is 1. The van der Waals surface area contributed by atoms with Gasteiger partial charge in [0.05, 0.1) is 19.1 Å². The summed E-state index contributed by atoms with van der Waals surface area (Å²) < 4.78 is 31.7. The fourth-order valence-corrected chi connectivity index (χ4v) is 6.78. The minimum absolute atomic E-state index is 0.0642. The van der Waals surface area contributed by atoms with E-state index in [0.717, 1.165) is 10.8 Å². The van der Waals surface area contributed by atoms with Crippen LogP contribution in [0.2, 0.25) is 0 Å². The Labute approximate surface area is 206 Å². The van der Waals surface area contributed by atoms with E-state index in [1.165, 1.54) is 36.7 Å². The highest BCUT2D eigenvalue weighted by atomic mass is 32.2. The molecule has 3 N–H and O–H groups in total. The van der Waals surface area contributed by atoms with Crippen LogP contribution in [-0.2, 0) is 18.6 Å². The SMILES string of the molecule is COC(=O)[C@H](C)NP(=O)(OC[C@@H]1CC[C@H](n2cnc(N)nc2=O)S1)Oc1cccc2ccccc12. The summed E-state index contributed by atoms with van der Waals surface area (Å²) in [5.74, 6) is -0.321. The maximum atomic E-state index is 13.8. The molecule has 0 amide bonds. The van der Waals surface area contributed by atoms with E-state index in [9.17, 15) is 14.2 Å². The van der Waals surface area contributed by atoms with Gasteiger partial charge in [-0.15, -0.1) is 11.8 Å². The first-order chi connectivity index (χ1) is 16.8. The summed E-state index contributed by atoms with van der Waals surface area (Å²) in [5, 5.41) is 4.06. The largest absolute Gasteiger partial charge is 0.468 e. The first-order valence-electron chi connectivity index (χ1n) is 10.9. The van der Waals surface area contributed by atoms with Crippen LogP contribution in [0.5, 0.6) is 5.75 Å². The zero-order valence-electron chi connectivity index (χ0n) is 19.2. The standard InChI is InChI=1S/C22H26N5O6PS/c1-14(20(28)31-2)26-34(30,33-18-9-5-7-15-6-3-4-8-17(15)18)32-12-16-10-11-19(35-16)27-13-24-21(23)25-22(27)29/h3-9,13-14,16,19H,10-12H2,1-2H3,(H,26,30)(H2,23,25,29)/t14-,16-,19+,34?/m0/s1. The number of nitrogens with one attached hydrogen (secondary N) is 1. The van der Waals surface area contributed by atoms with Crippen molar-refractivity contribution in [3.8, 4) is 5.75 Å². The van der Waals surface area contributed by atoms with Gasteiger partial charge in [0.1, 0.15) is 18.1 Å². The van der Waals surface area contributed by atoms with Gasteiger partial charge in [0, 0.05) is 10.6 Å². The van der Waals surface area contributed by atoms with Crippen molar-refractivity contribution in [2.24, 2.45) is 0 Å². The van der Waals surface area contributed by atoms with Gasteiger partial charge in [0.2, 0.25) is 5.95 Å². The molecule has 0 spiro atoms. The van der Waals surface area contributed by atoms with Crippen LogP contribution >= 0.6 is 19.5 Å². The van der Waals surface area contributed by atoms with Crippen LogP contribution in [-0.4, -0.2) is 45.5 Å². The molecule has 13 heteroatoms. The van der Waals surface area contributed by atoms with Gasteiger partial charge < -0.3 is 15.0 Å². The van der Waals surface area contributed by atoms with Crippen molar-refractivity contribution < 1.29 is 23.1 Å². The molecule has 1 fully saturated rings. The van der Waals surface area contributed by atoms with Gasteiger partial charge in [0.25, 0.3) is 0 Å². The predicted octanol–water partition coefficient (Wildman–Crippen LogP) is 3.12. The average molecular weight is 520 g/mol. The molecule has 2 aromatic carbocycles. The van der Waals surface area contributed by atoms with E-state index in [4.69, 9.17) is 19.5 Å². The van der Waals surface area contributed by atoms with Crippen LogP contribution in [0.1, 0.15) is 25.1 Å². The monoisotopic (exact) mass is 519 g/mol. The normalized spacial score (nSPS) is 20.3. The lowest BCUT2D eigenvalue weighted by atomic mass is 10.1. The van der Waals surface area contributed by atoms with E-state index in [2.05, 4.69) is 15.1 Å². The second kappa shape index (κ2) is 10.8. The van der Waals surface area contributed by atoms with E-state index in [0.29, 0.717) is 18.6 Å². The smallest absolute Gasteiger partial charge is 0.459 e. The maximum absolute atomic E-state index is 13.8. The third-order valence-corrected chi connectivity index (χ3v) is 8.61. The quantitative estimate of drug-likeness (QED) is 0.317. The molecule has 4 rings (SSSR count). The zero-order valence-corrected chi connectivity index (χ0v) is 20.9. The number of thioether (sulfide) groups is 1. The lowest BCUT2D eigenvalue weighted by Gasteiger charge is -2.24. The average Bonchev–Trinajstić information content (AvgIpc) is 3.31. The number of rotatable bonds is 9. The number of nitrogens with two attached hydrogens (primary N) is 1. The van der Waals surface area contributed by atoms with Crippen molar-refractivity contribution in [1.29, 1.82) is 0 Å². The molecule has 0 aliphatic carbocycles. The van der Waals surface area contributed by atoms with E-state index in [1.54, 1.807) is 12.1 Å². The molecule has 0 radical (unpaired) electrons. The zero-order chi connectivity index (χ0) is 25.0. The van der Waals surface area contributed by atoms with Crippen LogP contribution in [0.25, 0.3) is 10.8 Å². The molecule has 35 heavy (non-hydrogen) atoms. The lowest BCUT2D eigenvalue weighted by Crippen LogP contribution is -2.35. The summed E-state index contributed by atoms with van der Waals surface area (Å²) in [6.45, 7) is 1.58. The van der Waals surface area contributed by atoms with E-state index < -0.39 is 25.4 Å². The number of carbonyl (C=O) groups is 1. The molecule has 0 saturated carbocycles. The number of nitrogen functional groups attached to an aromatic ring is 1. The van der Waals surface area contributed by atoms with E-state index >= 15 is 0 Å². The van der Waals surface area contributed by atoms with Gasteiger partial charge in [-0.1, -0.05) is 36.4 Å². The lowest BCUT2D eigenvalue weighted by molar-refractivity contribution is -0.142. The third-order valence-electron chi connectivity index (χ3n) is 5.45. The molecule has 11 nitrogen and oxygen atoms in total. The van der Waals surface area contributed by atoms with Crippen molar-refractivity contribution in [1.82, 2.24) is 19.6 Å². The summed E-state index contributed by atoms with van der Waals surface area (Å²) in [6.07, 6.45) is 2.75. The first-order valence-corrected chi connectivity index (χ1v) is 13.4. The van der Waals surface area contributed by atoms with Crippen molar-refractivity contribution in [3.05, 3.63) is 59.3 Å². The van der Waals surface area contributed by atoms with Crippen LogP contribution in [0.4, 0.5) is 5.95 Å². The fourth-order valence-electron chi connectivity index (χ4n) is 3.71. The Morgan fingerprint density at radius 2 is 2.06 bits per heavy atom. The Balaban J connectivity index is 1.50. The number of anilines is 1. The third kappa shape index (κ3) is 6.02. The van der Waals surface area contributed by atoms with Crippen LogP contribution in [0, 0.1) is 0 Å². The summed E-state index contributed by atoms with van der Waals surface area (Å²) in [5.41, 5.74) is 4.99. The Morgan fingerprint density at radius 1 is 1.29 bits per heavy atom. The van der Waals surface area contributed by atoms with Gasteiger partial charge in [-0.2, -0.15) is 10.1 Å². The molecule has 1 saturated heterocycles. The number of aromatic nitrogens is 3. The number of benzene rings is 2. The molecule has 1 aliphatic rings.